The van der Waals surface area contributed by atoms with Crippen LogP contribution in [0.5, 0.6) is 0 Å². The SMILES string of the molecule is FC(F)c1cccc(CNCCCc2ncn[nH]2)c1. The largest absolute Gasteiger partial charge is 0.313 e. The van der Waals surface area contributed by atoms with E-state index in [0.717, 1.165) is 30.8 Å². The van der Waals surface area contributed by atoms with Gasteiger partial charge >= 0.3 is 0 Å². The minimum absolute atomic E-state index is 0.0703. The van der Waals surface area contributed by atoms with Gasteiger partial charge in [0, 0.05) is 18.5 Å². The molecule has 1 aromatic carbocycles. The summed E-state index contributed by atoms with van der Waals surface area (Å²) >= 11 is 0. The second-order valence-corrected chi connectivity index (χ2v) is 4.26. The smallest absolute Gasteiger partial charge is 0.263 e. The monoisotopic (exact) mass is 266 g/mol. The fourth-order valence-corrected chi connectivity index (χ4v) is 1.80. The zero-order chi connectivity index (χ0) is 13.5. The van der Waals surface area contributed by atoms with Gasteiger partial charge in [-0.3, -0.25) is 5.10 Å². The van der Waals surface area contributed by atoms with Gasteiger partial charge in [-0.1, -0.05) is 18.2 Å². The highest BCUT2D eigenvalue weighted by atomic mass is 19.3. The summed E-state index contributed by atoms with van der Waals surface area (Å²) in [6.45, 7) is 1.40. The number of hydrogen-bond donors (Lipinski definition) is 2. The molecule has 0 spiro atoms. The fourth-order valence-electron chi connectivity index (χ4n) is 1.80. The number of H-pyrrole nitrogens is 1. The quantitative estimate of drug-likeness (QED) is 0.757. The van der Waals surface area contributed by atoms with Gasteiger partial charge < -0.3 is 5.32 Å². The maximum atomic E-state index is 12.5. The number of halogens is 2. The molecule has 0 aliphatic heterocycles. The fraction of sp³-hybridized carbons (Fsp3) is 0.385. The molecule has 0 unspecified atom stereocenters. The van der Waals surface area contributed by atoms with E-state index in [1.165, 1.54) is 18.5 Å². The lowest BCUT2D eigenvalue weighted by Gasteiger charge is -2.06. The van der Waals surface area contributed by atoms with Crippen molar-refractivity contribution in [3.8, 4) is 0 Å². The Labute approximate surface area is 110 Å². The first kappa shape index (κ1) is 13.6. The molecule has 0 aliphatic carbocycles. The first-order valence-electron chi connectivity index (χ1n) is 6.17. The Bertz CT molecular complexity index is 485. The van der Waals surface area contributed by atoms with Crippen LogP contribution in [0.2, 0.25) is 0 Å². The van der Waals surface area contributed by atoms with Crippen LogP contribution in [0.3, 0.4) is 0 Å². The molecule has 2 aromatic rings. The molecule has 0 atom stereocenters. The molecule has 102 valence electrons. The van der Waals surface area contributed by atoms with Gasteiger partial charge in [-0.2, -0.15) is 5.10 Å². The van der Waals surface area contributed by atoms with Crippen molar-refractivity contribution in [3.63, 3.8) is 0 Å². The third kappa shape index (κ3) is 4.40. The standard InChI is InChI=1S/C13H16F2N4/c14-13(15)11-4-1-3-10(7-11)8-16-6-2-5-12-17-9-18-19-12/h1,3-4,7,9,13,16H,2,5-6,8H2,(H,17,18,19). The summed E-state index contributed by atoms with van der Waals surface area (Å²) in [5.74, 6) is 0.862. The Balaban J connectivity index is 1.69. The molecule has 19 heavy (non-hydrogen) atoms. The van der Waals surface area contributed by atoms with Crippen LogP contribution in [-0.2, 0) is 13.0 Å². The lowest BCUT2D eigenvalue weighted by Crippen LogP contribution is -2.15. The van der Waals surface area contributed by atoms with Gasteiger partial charge in [-0.05, 0) is 24.6 Å². The third-order valence-electron chi connectivity index (χ3n) is 2.76. The van der Waals surface area contributed by atoms with Gasteiger partial charge in [0.1, 0.15) is 12.2 Å². The Morgan fingerprint density at radius 1 is 1.32 bits per heavy atom. The van der Waals surface area contributed by atoms with Gasteiger partial charge in [0.15, 0.2) is 0 Å². The van der Waals surface area contributed by atoms with E-state index in [1.807, 2.05) is 6.07 Å². The summed E-state index contributed by atoms with van der Waals surface area (Å²) in [4.78, 5) is 4.03. The molecule has 2 rings (SSSR count). The number of aromatic amines is 1. The van der Waals surface area contributed by atoms with Crippen molar-refractivity contribution in [1.29, 1.82) is 0 Å². The van der Waals surface area contributed by atoms with Crippen LogP contribution in [0.25, 0.3) is 0 Å². The highest BCUT2D eigenvalue weighted by molar-refractivity contribution is 5.24. The molecule has 6 heteroatoms. The Morgan fingerprint density at radius 2 is 2.21 bits per heavy atom. The van der Waals surface area contributed by atoms with Gasteiger partial charge in [0.05, 0.1) is 0 Å². The molecular weight excluding hydrogens is 250 g/mol. The Morgan fingerprint density at radius 3 is 2.95 bits per heavy atom. The number of benzene rings is 1. The molecule has 0 fully saturated rings. The lowest BCUT2D eigenvalue weighted by atomic mass is 10.1. The first-order chi connectivity index (χ1) is 9.25. The molecule has 0 bridgehead atoms. The van der Waals surface area contributed by atoms with Crippen LogP contribution in [0.15, 0.2) is 30.6 Å². The summed E-state index contributed by atoms with van der Waals surface area (Å²) < 4.78 is 25.0. The summed E-state index contributed by atoms with van der Waals surface area (Å²) in [6.07, 6.45) is 0.818. The lowest BCUT2D eigenvalue weighted by molar-refractivity contribution is 0.151. The molecular formula is C13H16F2N4. The molecule has 0 radical (unpaired) electrons. The molecule has 0 aliphatic rings. The summed E-state index contributed by atoms with van der Waals surface area (Å²) in [6, 6.07) is 6.48. The van der Waals surface area contributed by atoms with E-state index in [-0.39, 0.29) is 5.56 Å². The van der Waals surface area contributed by atoms with Crippen molar-refractivity contribution in [2.75, 3.05) is 6.54 Å². The molecule has 2 N–H and O–H groups in total. The highest BCUT2D eigenvalue weighted by Gasteiger charge is 2.06. The van der Waals surface area contributed by atoms with E-state index < -0.39 is 6.43 Å². The predicted octanol–water partition coefficient (Wildman–Crippen LogP) is 2.46. The van der Waals surface area contributed by atoms with E-state index in [9.17, 15) is 8.78 Å². The van der Waals surface area contributed by atoms with E-state index in [0.29, 0.717) is 6.54 Å². The van der Waals surface area contributed by atoms with E-state index in [4.69, 9.17) is 0 Å². The molecule has 0 amide bonds. The predicted molar refractivity (Wildman–Crippen MR) is 67.8 cm³/mol. The molecule has 0 saturated carbocycles. The van der Waals surface area contributed by atoms with Crippen LogP contribution in [0, 0.1) is 0 Å². The topological polar surface area (TPSA) is 53.6 Å². The van der Waals surface area contributed by atoms with E-state index in [2.05, 4.69) is 20.5 Å². The zero-order valence-corrected chi connectivity index (χ0v) is 10.4. The number of nitrogens with one attached hydrogen (secondary N) is 2. The van der Waals surface area contributed by atoms with Crippen LogP contribution in [0.4, 0.5) is 8.78 Å². The second kappa shape index (κ2) is 6.94. The van der Waals surface area contributed by atoms with Crippen molar-refractivity contribution < 1.29 is 8.78 Å². The summed E-state index contributed by atoms with van der Waals surface area (Å²) in [5.41, 5.74) is 0.943. The molecule has 1 aromatic heterocycles. The van der Waals surface area contributed by atoms with Gasteiger partial charge in [-0.15, -0.1) is 0 Å². The number of hydrogen-bond acceptors (Lipinski definition) is 3. The van der Waals surface area contributed by atoms with Crippen LogP contribution in [0.1, 0.15) is 29.8 Å². The van der Waals surface area contributed by atoms with Crippen molar-refractivity contribution in [3.05, 3.63) is 47.5 Å². The van der Waals surface area contributed by atoms with Gasteiger partial charge in [-0.25, -0.2) is 13.8 Å². The maximum Gasteiger partial charge on any atom is 0.263 e. The van der Waals surface area contributed by atoms with E-state index in [1.54, 1.807) is 6.07 Å². The third-order valence-corrected chi connectivity index (χ3v) is 2.76. The van der Waals surface area contributed by atoms with Crippen molar-refractivity contribution in [1.82, 2.24) is 20.5 Å². The first-order valence-corrected chi connectivity index (χ1v) is 6.17. The normalized spacial score (nSPS) is 11.1. The van der Waals surface area contributed by atoms with Crippen LogP contribution in [-0.4, -0.2) is 21.7 Å². The number of aryl methyl sites for hydroxylation is 1. The average molecular weight is 266 g/mol. The minimum Gasteiger partial charge on any atom is -0.313 e. The van der Waals surface area contributed by atoms with Crippen molar-refractivity contribution in [2.45, 2.75) is 25.8 Å². The van der Waals surface area contributed by atoms with Crippen LogP contribution < -0.4 is 5.32 Å². The zero-order valence-electron chi connectivity index (χ0n) is 10.4. The second-order valence-electron chi connectivity index (χ2n) is 4.26. The maximum absolute atomic E-state index is 12.5. The number of rotatable bonds is 7. The van der Waals surface area contributed by atoms with Crippen molar-refractivity contribution >= 4 is 0 Å². The number of aromatic nitrogens is 3. The average Bonchev–Trinajstić information content (AvgIpc) is 2.92. The van der Waals surface area contributed by atoms with Gasteiger partial charge in [0.2, 0.25) is 0 Å². The minimum atomic E-state index is -2.41. The molecule has 1 heterocycles. The molecule has 4 nitrogen and oxygen atoms in total. The molecule has 0 saturated heterocycles. The Kier molecular flexibility index (Phi) is 4.97. The highest BCUT2D eigenvalue weighted by Crippen LogP contribution is 2.19. The Hall–Kier alpha value is -1.82. The van der Waals surface area contributed by atoms with E-state index >= 15 is 0 Å². The number of nitrogens with zero attached hydrogens (tertiary/aromatic N) is 2. The van der Waals surface area contributed by atoms with Crippen LogP contribution >= 0.6 is 0 Å². The summed E-state index contributed by atoms with van der Waals surface area (Å²) in [7, 11) is 0. The number of alkyl halides is 2. The van der Waals surface area contributed by atoms with Gasteiger partial charge in [0.25, 0.3) is 6.43 Å². The van der Waals surface area contributed by atoms with Crippen molar-refractivity contribution in [2.24, 2.45) is 0 Å². The summed E-state index contributed by atoms with van der Waals surface area (Å²) in [5, 5.41) is 9.78.